The second kappa shape index (κ2) is 5.06. The van der Waals surface area contributed by atoms with Crippen LogP contribution in [0.3, 0.4) is 0 Å². The van der Waals surface area contributed by atoms with Crippen LogP contribution >= 0.6 is 11.6 Å². The van der Waals surface area contributed by atoms with Gasteiger partial charge in [0.25, 0.3) is 0 Å². The average molecular weight is 275 g/mol. The Morgan fingerprint density at radius 2 is 1.94 bits per heavy atom. The van der Waals surface area contributed by atoms with Crippen LogP contribution in [0.25, 0.3) is 0 Å². The molecule has 0 aliphatic heterocycles. The highest BCUT2D eigenvalue weighted by molar-refractivity contribution is 6.32. The Kier molecular flexibility index (Phi) is 3.66. The topological polar surface area (TPSA) is 9.23 Å². The Balaban J connectivity index is 2.08. The molecule has 2 rings (SSSR count). The maximum Gasteiger partial charge on any atom is 0.412 e. The molecule has 96 valence electrons. The SMILES string of the molecule is FC(F)(F)C1=CC=CC(Oc2ccccc2Cl)C1. The first kappa shape index (κ1) is 13.0. The lowest BCUT2D eigenvalue weighted by atomic mass is 10.0. The summed E-state index contributed by atoms with van der Waals surface area (Å²) in [6.07, 6.45) is -1.16. The zero-order chi connectivity index (χ0) is 13.2. The molecule has 0 saturated heterocycles. The third kappa shape index (κ3) is 3.07. The highest BCUT2D eigenvalue weighted by Gasteiger charge is 2.35. The van der Waals surface area contributed by atoms with Crippen molar-refractivity contribution in [2.45, 2.75) is 18.7 Å². The average Bonchev–Trinajstić information content (AvgIpc) is 2.31. The van der Waals surface area contributed by atoms with Gasteiger partial charge in [-0.1, -0.05) is 35.9 Å². The van der Waals surface area contributed by atoms with Gasteiger partial charge in [0, 0.05) is 12.0 Å². The number of para-hydroxylation sites is 1. The molecule has 1 aromatic rings. The molecule has 0 spiro atoms. The third-order valence-electron chi connectivity index (χ3n) is 2.52. The predicted octanol–water partition coefficient (Wildman–Crippen LogP) is 4.54. The number of ether oxygens (including phenoxy) is 1. The van der Waals surface area contributed by atoms with E-state index in [4.69, 9.17) is 16.3 Å². The van der Waals surface area contributed by atoms with Gasteiger partial charge < -0.3 is 4.74 Å². The lowest BCUT2D eigenvalue weighted by molar-refractivity contribution is -0.0960. The number of allylic oxidation sites excluding steroid dienone is 2. The Hall–Kier alpha value is -1.42. The van der Waals surface area contributed by atoms with Crippen molar-refractivity contribution < 1.29 is 17.9 Å². The van der Waals surface area contributed by atoms with Crippen molar-refractivity contribution in [3.63, 3.8) is 0 Å². The quantitative estimate of drug-likeness (QED) is 0.769. The van der Waals surface area contributed by atoms with Gasteiger partial charge in [-0.2, -0.15) is 13.2 Å². The zero-order valence-electron chi connectivity index (χ0n) is 9.25. The molecule has 0 aromatic heterocycles. The summed E-state index contributed by atoms with van der Waals surface area (Å²) in [7, 11) is 0. The lowest BCUT2D eigenvalue weighted by Gasteiger charge is -2.22. The largest absolute Gasteiger partial charge is 0.484 e. The maximum atomic E-state index is 12.5. The highest BCUT2D eigenvalue weighted by Crippen LogP contribution is 2.33. The maximum absolute atomic E-state index is 12.5. The molecule has 0 fully saturated rings. The van der Waals surface area contributed by atoms with Gasteiger partial charge in [0.1, 0.15) is 11.9 Å². The summed E-state index contributed by atoms with van der Waals surface area (Å²) in [6.45, 7) is 0. The molecule has 1 nitrogen and oxygen atoms in total. The van der Waals surface area contributed by atoms with E-state index in [1.165, 1.54) is 6.08 Å². The van der Waals surface area contributed by atoms with Crippen molar-refractivity contribution in [3.05, 3.63) is 53.1 Å². The number of hydrogen-bond donors (Lipinski definition) is 0. The van der Waals surface area contributed by atoms with Crippen molar-refractivity contribution in [1.29, 1.82) is 0 Å². The summed E-state index contributed by atoms with van der Waals surface area (Å²) < 4.78 is 43.1. The van der Waals surface area contributed by atoms with Crippen LogP contribution in [0.4, 0.5) is 13.2 Å². The first-order valence-corrected chi connectivity index (χ1v) is 5.70. The summed E-state index contributed by atoms with van der Waals surface area (Å²) in [5.41, 5.74) is -0.595. The van der Waals surface area contributed by atoms with E-state index in [1.807, 2.05) is 0 Å². The summed E-state index contributed by atoms with van der Waals surface area (Å²) >= 11 is 5.88. The highest BCUT2D eigenvalue weighted by atomic mass is 35.5. The minimum Gasteiger partial charge on any atom is -0.484 e. The molecule has 1 atom stereocenters. The van der Waals surface area contributed by atoms with Gasteiger partial charge >= 0.3 is 6.18 Å². The van der Waals surface area contributed by atoms with Gasteiger partial charge in [-0.15, -0.1) is 0 Å². The van der Waals surface area contributed by atoms with Crippen LogP contribution in [-0.4, -0.2) is 12.3 Å². The van der Waals surface area contributed by atoms with Crippen LogP contribution in [-0.2, 0) is 0 Å². The molecule has 1 aliphatic rings. The van der Waals surface area contributed by atoms with Gasteiger partial charge in [0.15, 0.2) is 0 Å². The first-order valence-electron chi connectivity index (χ1n) is 5.32. The smallest absolute Gasteiger partial charge is 0.412 e. The molecule has 18 heavy (non-hydrogen) atoms. The molecule has 1 aliphatic carbocycles. The van der Waals surface area contributed by atoms with Crippen LogP contribution in [0.15, 0.2) is 48.1 Å². The van der Waals surface area contributed by atoms with Gasteiger partial charge in [-0.3, -0.25) is 0 Å². The normalized spacial score (nSPS) is 19.6. The van der Waals surface area contributed by atoms with Crippen LogP contribution in [0.2, 0.25) is 5.02 Å². The predicted molar refractivity (Wildman–Crippen MR) is 63.8 cm³/mol. The van der Waals surface area contributed by atoms with E-state index in [1.54, 1.807) is 30.3 Å². The van der Waals surface area contributed by atoms with Gasteiger partial charge in [-0.05, 0) is 18.2 Å². The van der Waals surface area contributed by atoms with Crippen molar-refractivity contribution in [3.8, 4) is 5.75 Å². The number of alkyl halides is 3. The Labute approximate surface area is 108 Å². The zero-order valence-corrected chi connectivity index (χ0v) is 10.0. The molecule has 0 heterocycles. The molecule has 5 heteroatoms. The molecule has 1 aromatic carbocycles. The fourth-order valence-corrected chi connectivity index (χ4v) is 1.82. The number of rotatable bonds is 2. The molecule has 0 radical (unpaired) electrons. The third-order valence-corrected chi connectivity index (χ3v) is 2.84. The monoisotopic (exact) mass is 274 g/mol. The number of hydrogen-bond acceptors (Lipinski definition) is 1. The lowest BCUT2D eigenvalue weighted by Crippen LogP contribution is -2.23. The second-order valence-corrected chi connectivity index (χ2v) is 4.27. The standard InChI is InChI=1S/C13H10ClF3O/c14-11-6-1-2-7-12(11)18-10-5-3-4-9(8-10)13(15,16)17/h1-7,10H,8H2. The molecule has 0 amide bonds. The molecule has 1 unspecified atom stereocenters. The van der Waals surface area contributed by atoms with E-state index in [2.05, 4.69) is 0 Å². The summed E-state index contributed by atoms with van der Waals surface area (Å²) in [5, 5.41) is 0.383. The van der Waals surface area contributed by atoms with E-state index >= 15 is 0 Å². The summed E-state index contributed by atoms with van der Waals surface area (Å²) in [5.74, 6) is 0.386. The summed E-state index contributed by atoms with van der Waals surface area (Å²) in [4.78, 5) is 0. The Bertz CT molecular complexity index is 491. The van der Waals surface area contributed by atoms with Crippen LogP contribution in [0, 0.1) is 0 Å². The number of halogens is 4. The first-order chi connectivity index (χ1) is 8.47. The fraction of sp³-hybridized carbons (Fsp3) is 0.231. The van der Waals surface area contributed by atoms with Crippen molar-refractivity contribution in [1.82, 2.24) is 0 Å². The van der Waals surface area contributed by atoms with Crippen LogP contribution in [0.5, 0.6) is 5.75 Å². The van der Waals surface area contributed by atoms with Crippen LogP contribution in [0.1, 0.15) is 6.42 Å². The van der Waals surface area contributed by atoms with E-state index < -0.39 is 17.9 Å². The van der Waals surface area contributed by atoms with Crippen LogP contribution < -0.4 is 4.74 Å². The van der Waals surface area contributed by atoms with E-state index in [0.29, 0.717) is 10.8 Å². The van der Waals surface area contributed by atoms with Gasteiger partial charge in [-0.25, -0.2) is 0 Å². The minimum absolute atomic E-state index is 0.203. The summed E-state index contributed by atoms with van der Waals surface area (Å²) in [6, 6.07) is 6.70. The molecular weight excluding hydrogens is 265 g/mol. The van der Waals surface area contributed by atoms with E-state index in [9.17, 15) is 13.2 Å². The van der Waals surface area contributed by atoms with Gasteiger partial charge in [0.05, 0.1) is 5.02 Å². The Morgan fingerprint density at radius 3 is 2.61 bits per heavy atom. The molecule has 0 saturated carbocycles. The molecule has 0 bridgehead atoms. The Morgan fingerprint density at radius 1 is 1.22 bits per heavy atom. The van der Waals surface area contributed by atoms with Crippen molar-refractivity contribution in [2.24, 2.45) is 0 Å². The van der Waals surface area contributed by atoms with E-state index in [-0.39, 0.29) is 6.42 Å². The fourth-order valence-electron chi connectivity index (χ4n) is 1.64. The number of benzene rings is 1. The van der Waals surface area contributed by atoms with Crippen molar-refractivity contribution in [2.75, 3.05) is 0 Å². The minimum atomic E-state index is -4.31. The van der Waals surface area contributed by atoms with Crippen molar-refractivity contribution >= 4 is 11.6 Å². The van der Waals surface area contributed by atoms with E-state index in [0.717, 1.165) is 6.08 Å². The molecule has 0 N–H and O–H groups in total. The second-order valence-electron chi connectivity index (χ2n) is 3.87. The van der Waals surface area contributed by atoms with Gasteiger partial charge in [0.2, 0.25) is 0 Å². The molecular formula is C13H10ClF3O.